The van der Waals surface area contributed by atoms with Crippen molar-refractivity contribution in [2.75, 3.05) is 18.4 Å². The second-order valence-corrected chi connectivity index (χ2v) is 5.91. The van der Waals surface area contributed by atoms with Crippen LogP contribution in [0.15, 0.2) is 54.6 Å². The Morgan fingerprint density at radius 3 is 2.64 bits per heavy atom. The van der Waals surface area contributed by atoms with Gasteiger partial charge in [0.25, 0.3) is 0 Å². The number of piperidine rings is 1. The van der Waals surface area contributed by atoms with Crippen LogP contribution in [0.2, 0.25) is 0 Å². The van der Waals surface area contributed by atoms with E-state index in [0.717, 1.165) is 31.5 Å². The zero-order valence-electron chi connectivity index (χ0n) is 14.0. The van der Waals surface area contributed by atoms with Gasteiger partial charge < -0.3 is 20.7 Å². The van der Waals surface area contributed by atoms with Crippen LogP contribution in [0.4, 0.5) is 10.5 Å². The van der Waals surface area contributed by atoms with E-state index in [-0.39, 0.29) is 24.5 Å². The van der Waals surface area contributed by atoms with Crippen molar-refractivity contribution in [1.29, 1.82) is 0 Å². The molecular formula is C19H24ClN3O2. The number of carbonyl (C=O) groups excluding carboxylic acids is 1. The summed E-state index contributed by atoms with van der Waals surface area (Å²) in [6.45, 7) is 2.31. The summed E-state index contributed by atoms with van der Waals surface area (Å²) in [6.07, 6.45) is 2.09. The Morgan fingerprint density at radius 1 is 1.12 bits per heavy atom. The third kappa shape index (κ3) is 5.96. The number of hydrogen-bond acceptors (Lipinski definition) is 3. The maximum atomic E-state index is 12.2. The third-order valence-corrected chi connectivity index (χ3v) is 4.00. The summed E-state index contributed by atoms with van der Waals surface area (Å²) in [6, 6.07) is 17.4. The SMILES string of the molecule is Cl.O=C(Nc1ccccc1OCc1ccccc1)N[C@@H]1CCCNC1. The van der Waals surface area contributed by atoms with Crippen LogP contribution in [0.1, 0.15) is 18.4 Å². The molecule has 0 saturated carbocycles. The summed E-state index contributed by atoms with van der Waals surface area (Å²) in [7, 11) is 0. The monoisotopic (exact) mass is 361 g/mol. The molecule has 0 spiro atoms. The first-order valence-electron chi connectivity index (χ1n) is 8.35. The lowest BCUT2D eigenvalue weighted by Gasteiger charge is -2.24. The topological polar surface area (TPSA) is 62.4 Å². The number of nitrogens with one attached hydrogen (secondary N) is 3. The van der Waals surface area contributed by atoms with Crippen molar-refractivity contribution < 1.29 is 9.53 Å². The van der Waals surface area contributed by atoms with E-state index in [1.807, 2.05) is 54.6 Å². The Labute approximate surface area is 154 Å². The zero-order chi connectivity index (χ0) is 16.6. The maximum absolute atomic E-state index is 12.2. The Kier molecular flexibility index (Phi) is 7.57. The number of rotatable bonds is 5. The van der Waals surface area contributed by atoms with Crippen molar-refractivity contribution in [3.8, 4) is 5.75 Å². The normalized spacial score (nSPS) is 16.4. The van der Waals surface area contributed by atoms with E-state index in [9.17, 15) is 4.79 Å². The molecule has 1 heterocycles. The molecule has 3 N–H and O–H groups in total. The first-order valence-corrected chi connectivity index (χ1v) is 8.35. The molecular weight excluding hydrogens is 338 g/mol. The highest BCUT2D eigenvalue weighted by Crippen LogP contribution is 2.24. The van der Waals surface area contributed by atoms with Gasteiger partial charge in [-0.3, -0.25) is 0 Å². The molecule has 2 aromatic carbocycles. The molecule has 0 aliphatic carbocycles. The molecule has 0 aromatic heterocycles. The summed E-state index contributed by atoms with van der Waals surface area (Å²) in [5.41, 5.74) is 1.76. The molecule has 1 fully saturated rings. The van der Waals surface area contributed by atoms with Crippen LogP contribution in [0.5, 0.6) is 5.75 Å². The quantitative estimate of drug-likeness (QED) is 0.763. The van der Waals surface area contributed by atoms with E-state index >= 15 is 0 Å². The molecule has 2 amide bonds. The fourth-order valence-electron chi connectivity index (χ4n) is 2.75. The van der Waals surface area contributed by atoms with Crippen LogP contribution >= 0.6 is 12.4 Å². The fourth-order valence-corrected chi connectivity index (χ4v) is 2.75. The first kappa shape index (κ1) is 19.1. The lowest BCUT2D eigenvalue weighted by atomic mass is 10.1. The minimum Gasteiger partial charge on any atom is -0.487 e. The highest BCUT2D eigenvalue weighted by atomic mass is 35.5. The molecule has 2 aromatic rings. The van der Waals surface area contributed by atoms with Gasteiger partial charge in [0.2, 0.25) is 0 Å². The molecule has 0 unspecified atom stereocenters. The van der Waals surface area contributed by atoms with Crippen molar-refractivity contribution in [2.24, 2.45) is 0 Å². The average Bonchev–Trinajstić information content (AvgIpc) is 2.63. The second kappa shape index (κ2) is 9.91. The number of hydrogen-bond donors (Lipinski definition) is 3. The minimum atomic E-state index is -0.195. The lowest BCUT2D eigenvalue weighted by molar-refractivity contribution is 0.245. The van der Waals surface area contributed by atoms with Gasteiger partial charge in [0, 0.05) is 12.6 Å². The lowest BCUT2D eigenvalue weighted by Crippen LogP contribution is -2.47. The number of para-hydroxylation sites is 2. The summed E-state index contributed by atoms with van der Waals surface area (Å²) in [5, 5.41) is 9.18. The van der Waals surface area contributed by atoms with Crippen LogP contribution < -0.4 is 20.7 Å². The van der Waals surface area contributed by atoms with Crippen LogP contribution in [0.3, 0.4) is 0 Å². The van der Waals surface area contributed by atoms with E-state index in [1.54, 1.807) is 0 Å². The fraction of sp³-hybridized carbons (Fsp3) is 0.316. The molecule has 1 atom stereocenters. The van der Waals surface area contributed by atoms with Crippen LogP contribution in [-0.2, 0) is 6.61 Å². The Balaban J connectivity index is 0.00000225. The molecule has 134 valence electrons. The van der Waals surface area contributed by atoms with Crippen molar-refractivity contribution >= 4 is 24.1 Å². The summed E-state index contributed by atoms with van der Waals surface area (Å²) >= 11 is 0. The van der Waals surface area contributed by atoms with Crippen molar-refractivity contribution in [3.63, 3.8) is 0 Å². The molecule has 1 saturated heterocycles. The van der Waals surface area contributed by atoms with Gasteiger partial charge in [-0.25, -0.2) is 4.79 Å². The number of benzene rings is 2. The summed E-state index contributed by atoms with van der Waals surface area (Å²) in [5.74, 6) is 0.665. The standard InChI is InChI=1S/C19H23N3O2.ClH/c23-19(21-16-9-6-12-20-13-16)22-17-10-4-5-11-18(17)24-14-15-7-2-1-3-8-15;/h1-5,7-8,10-11,16,20H,6,9,12-14H2,(H2,21,22,23);1H/t16-;/m1./s1. The predicted molar refractivity (Wildman–Crippen MR) is 103 cm³/mol. The van der Waals surface area contributed by atoms with Gasteiger partial charge in [0.1, 0.15) is 12.4 Å². The first-order chi connectivity index (χ1) is 11.8. The largest absolute Gasteiger partial charge is 0.487 e. The molecule has 5 nitrogen and oxygen atoms in total. The van der Waals surface area contributed by atoms with Crippen LogP contribution in [0.25, 0.3) is 0 Å². The molecule has 1 aliphatic rings. The smallest absolute Gasteiger partial charge is 0.319 e. The number of amides is 2. The number of anilines is 1. The van der Waals surface area contributed by atoms with E-state index in [2.05, 4.69) is 16.0 Å². The van der Waals surface area contributed by atoms with Gasteiger partial charge in [-0.05, 0) is 37.1 Å². The molecule has 6 heteroatoms. The number of ether oxygens (including phenoxy) is 1. The molecule has 3 rings (SSSR count). The van der Waals surface area contributed by atoms with Gasteiger partial charge in [-0.1, -0.05) is 42.5 Å². The van der Waals surface area contributed by atoms with Gasteiger partial charge in [-0.15, -0.1) is 12.4 Å². The Bertz CT molecular complexity index is 661. The third-order valence-electron chi connectivity index (χ3n) is 4.00. The second-order valence-electron chi connectivity index (χ2n) is 5.91. The molecule has 0 radical (unpaired) electrons. The van der Waals surface area contributed by atoms with E-state index in [1.165, 1.54) is 0 Å². The highest BCUT2D eigenvalue weighted by molar-refractivity contribution is 5.91. The van der Waals surface area contributed by atoms with Gasteiger partial charge in [0.05, 0.1) is 5.69 Å². The Morgan fingerprint density at radius 2 is 1.88 bits per heavy atom. The van der Waals surface area contributed by atoms with Gasteiger partial charge >= 0.3 is 6.03 Å². The van der Waals surface area contributed by atoms with E-state index in [4.69, 9.17) is 4.74 Å². The highest BCUT2D eigenvalue weighted by Gasteiger charge is 2.16. The van der Waals surface area contributed by atoms with Crippen LogP contribution in [-0.4, -0.2) is 25.2 Å². The van der Waals surface area contributed by atoms with E-state index in [0.29, 0.717) is 18.0 Å². The predicted octanol–water partition coefficient (Wildman–Crippen LogP) is 3.56. The minimum absolute atomic E-state index is 0. The van der Waals surface area contributed by atoms with Gasteiger partial charge in [-0.2, -0.15) is 0 Å². The maximum Gasteiger partial charge on any atom is 0.319 e. The van der Waals surface area contributed by atoms with Crippen molar-refractivity contribution in [1.82, 2.24) is 10.6 Å². The van der Waals surface area contributed by atoms with Crippen LogP contribution in [0, 0.1) is 0 Å². The molecule has 1 aliphatic heterocycles. The number of urea groups is 1. The van der Waals surface area contributed by atoms with E-state index < -0.39 is 0 Å². The number of carbonyl (C=O) groups is 1. The summed E-state index contributed by atoms with van der Waals surface area (Å²) < 4.78 is 5.86. The number of halogens is 1. The van der Waals surface area contributed by atoms with Crippen molar-refractivity contribution in [2.45, 2.75) is 25.5 Å². The molecule has 25 heavy (non-hydrogen) atoms. The molecule has 0 bridgehead atoms. The van der Waals surface area contributed by atoms with Gasteiger partial charge in [0.15, 0.2) is 0 Å². The average molecular weight is 362 g/mol. The zero-order valence-corrected chi connectivity index (χ0v) is 14.9. The van der Waals surface area contributed by atoms with Crippen molar-refractivity contribution in [3.05, 3.63) is 60.2 Å². The Hall–Kier alpha value is -2.24. The summed E-state index contributed by atoms with van der Waals surface area (Å²) in [4.78, 5) is 12.2.